The molecule has 2 nitrogen and oxygen atoms in total. The van der Waals surface area contributed by atoms with Gasteiger partial charge >= 0.3 is 0 Å². The summed E-state index contributed by atoms with van der Waals surface area (Å²) in [5.74, 6) is 1.05. The Bertz CT molecular complexity index is 866. The van der Waals surface area contributed by atoms with Crippen LogP contribution in [0.1, 0.15) is 29.5 Å². The summed E-state index contributed by atoms with van der Waals surface area (Å²) >= 11 is 3.70. The summed E-state index contributed by atoms with van der Waals surface area (Å²) in [4.78, 5) is 0. The normalized spacial score (nSPS) is 31.6. The maximum absolute atomic E-state index is 5.77. The van der Waals surface area contributed by atoms with Crippen molar-refractivity contribution in [3.05, 3.63) is 75.3 Å². The van der Waals surface area contributed by atoms with Gasteiger partial charge in [0, 0.05) is 16.3 Å². The third-order valence-electron chi connectivity index (χ3n) is 6.79. The van der Waals surface area contributed by atoms with Crippen molar-refractivity contribution in [2.45, 2.75) is 18.9 Å². The summed E-state index contributed by atoms with van der Waals surface area (Å²) in [6.07, 6.45) is 2.49. The molecular weight excluding hydrogens is 466 g/mol. The molecule has 3 aliphatic rings. The van der Waals surface area contributed by atoms with E-state index in [0.29, 0.717) is 17.9 Å². The zero-order chi connectivity index (χ0) is 17.7. The van der Waals surface area contributed by atoms with E-state index in [-0.39, 0.29) is 17.0 Å². The predicted octanol–water partition coefficient (Wildman–Crippen LogP) is 1.85. The van der Waals surface area contributed by atoms with Crippen LogP contribution in [0.25, 0.3) is 6.08 Å². The van der Waals surface area contributed by atoms with Crippen molar-refractivity contribution in [3.63, 3.8) is 0 Å². The van der Waals surface area contributed by atoms with Crippen molar-refractivity contribution < 1.29 is 26.2 Å². The number of nitrogens with zero attached hydrogens (tertiary/aromatic N) is 1. The number of benzene rings is 2. The third kappa shape index (κ3) is 3.25. The number of ether oxygens (including phenoxy) is 1. The van der Waals surface area contributed by atoms with Crippen LogP contribution in [0, 0.1) is 5.92 Å². The van der Waals surface area contributed by atoms with Gasteiger partial charge in [-0.05, 0) is 47.4 Å². The van der Waals surface area contributed by atoms with Crippen molar-refractivity contribution in [3.8, 4) is 0 Å². The summed E-state index contributed by atoms with van der Waals surface area (Å²) in [7, 11) is 0. The van der Waals surface area contributed by atoms with E-state index in [0.717, 1.165) is 19.8 Å². The first kappa shape index (κ1) is 19.4. The summed E-state index contributed by atoms with van der Waals surface area (Å²) in [5.41, 5.74) is 5.96. The van der Waals surface area contributed by atoms with E-state index in [4.69, 9.17) is 4.74 Å². The SMILES string of the molecule is CC1COCC[N+]12CC1=Cc3ccc(Br)cc3C(c3ccccc3)C1C2.[Br-]. The van der Waals surface area contributed by atoms with Crippen LogP contribution in [0.5, 0.6) is 0 Å². The van der Waals surface area contributed by atoms with Gasteiger partial charge in [-0.1, -0.05) is 52.3 Å². The lowest BCUT2D eigenvalue weighted by molar-refractivity contribution is -0.945. The largest absolute Gasteiger partial charge is 1.00 e. The first-order valence-electron chi connectivity index (χ1n) is 9.65. The summed E-state index contributed by atoms with van der Waals surface area (Å²) < 4.78 is 8.15. The van der Waals surface area contributed by atoms with Crippen LogP contribution in [-0.4, -0.2) is 43.4 Å². The molecule has 0 saturated carbocycles. The first-order chi connectivity index (χ1) is 12.7. The van der Waals surface area contributed by atoms with Crippen molar-refractivity contribution in [1.29, 1.82) is 0 Å². The minimum atomic E-state index is 0. The highest BCUT2D eigenvalue weighted by molar-refractivity contribution is 9.10. The average molecular weight is 491 g/mol. The highest BCUT2D eigenvalue weighted by Crippen LogP contribution is 2.49. The van der Waals surface area contributed by atoms with E-state index in [9.17, 15) is 0 Å². The number of hydrogen-bond donors (Lipinski definition) is 0. The lowest BCUT2D eigenvalue weighted by atomic mass is 9.73. The minimum Gasteiger partial charge on any atom is -1.00 e. The fourth-order valence-corrected chi connectivity index (χ4v) is 5.73. The molecule has 142 valence electrons. The highest BCUT2D eigenvalue weighted by Gasteiger charge is 2.50. The van der Waals surface area contributed by atoms with Crippen LogP contribution in [0.2, 0.25) is 0 Å². The fourth-order valence-electron chi connectivity index (χ4n) is 5.35. The standard InChI is InChI=1S/C23H25BrNO.BrH/c1-16-15-26-10-9-25(16)13-19-11-18-7-8-20(24)12-21(18)23(22(19)14-25)17-5-3-2-4-6-17;/h2-8,11-12,16,22-23H,9-10,13-15H2,1H3;1H/q+1;/p-1. The molecule has 2 aromatic rings. The van der Waals surface area contributed by atoms with Crippen molar-refractivity contribution >= 4 is 22.0 Å². The molecule has 1 aliphatic carbocycles. The monoisotopic (exact) mass is 489 g/mol. The number of rotatable bonds is 1. The average Bonchev–Trinajstić information content (AvgIpc) is 3.01. The number of halogens is 2. The molecule has 2 fully saturated rings. The van der Waals surface area contributed by atoms with Gasteiger partial charge in [-0.15, -0.1) is 0 Å². The Morgan fingerprint density at radius 2 is 1.93 bits per heavy atom. The quantitative estimate of drug-likeness (QED) is 0.554. The van der Waals surface area contributed by atoms with Crippen molar-refractivity contribution in [2.75, 3.05) is 32.8 Å². The fraction of sp³-hybridized carbons (Fsp3) is 0.391. The van der Waals surface area contributed by atoms with Gasteiger partial charge in [0.2, 0.25) is 0 Å². The second-order valence-electron chi connectivity index (χ2n) is 8.19. The zero-order valence-corrected chi connectivity index (χ0v) is 18.7. The van der Waals surface area contributed by atoms with Crippen LogP contribution in [0.4, 0.5) is 0 Å². The second kappa shape index (κ2) is 7.47. The van der Waals surface area contributed by atoms with Crippen LogP contribution >= 0.6 is 15.9 Å². The molecule has 1 spiro atoms. The Morgan fingerprint density at radius 1 is 1.11 bits per heavy atom. The van der Waals surface area contributed by atoms with Gasteiger partial charge in [-0.25, -0.2) is 0 Å². The van der Waals surface area contributed by atoms with Crippen molar-refractivity contribution in [1.82, 2.24) is 0 Å². The van der Waals surface area contributed by atoms with Gasteiger partial charge in [0.1, 0.15) is 19.1 Å². The van der Waals surface area contributed by atoms with E-state index in [1.807, 2.05) is 0 Å². The number of hydrogen-bond acceptors (Lipinski definition) is 1. The maximum Gasteiger partial charge on any atom is 0.110 e. The van der Waals surface area contributed by atoms with Gasteiger partial charge in [0.25, 0.3) is 0 Å². The Balaban J connectivity index is 0.00000180. The summed E-state index contributed by atoms with van der Waals surface area (Å²) in [6.45, 7) is 7.75. The molecule has 2 aliphatic heterocycles. The molecule has 0 N–H and O–H groups in total. The Labute approximate surface area is 180 Å². The van der Waals surface area contributed by atoms with Gasteiger partial charge in [-0.3, -0.25) is 0 Å². The molecular formula is C23H25Br2NO. The minimum absolute atomic E-state index is 0. The molecule has 0 bridgehead atoms. The van der Waals surface area contributed by atoms with Gasteiger partial charge in [0.15, 0.2) is 0 Å². The van der Waals surface area contributed by atoms with Crippen LogP contribution < -0.4 is 17.0 Å². The molecule has 4 heteroatoms. The lowest BCUT2D eigenvalue weighted by Gasteiger charge is -2.43. The van der Waals surface area contributed by atoms with Crippen LogP contribution in [-0.2, 0) is 4.74 Å². The lowest BCUT2D eigenvalue weighted by Crippen LogP contribution is -3.00. The van der Waals surface area contributed by atoms with E-state index in [2.05, 4.69) is 77.5 Å². The molecule has 0 amide bonds. The smallest absolute Gasteiger partial charge is 0.110 e. The molecule has 2 saturated heterocycles. The summed E-state index contributed by atoms with van der Waals surface area (Å²) in [5, 5.41) is 0. The highest BCUT2D eigenvalue weighted by atomic mass is 79.9. The van der Waals surface area contributed by atoms with E-state index < -0.39 is 0 Å². The second-order valence-corrected chi connectivity index (χ2v) is 9.11. The van der Waals surface area contributed by atoms with Crippen LogP contribution in [0.15, 0.2) is 58.6 Å². The number of quaternary nitrogens is 1. The summed E-state index contributed by atoms with van der Waals surface area (Å²) in [6, 6.07) is 18.5. The number of fused-ring (bicyclic) bond motifs is 2. The molecule has 27 heavy (non-hydrogen) atoms. The Hall–Kier alpha value is -0.940. The topological polar surface area (TPSA) is 9.23 Å². The van der Waals surface area contributed by atoms with E-state index >= 15 is 0 Å². The predicted molar refractivity (Wildman–Crippen MR) is 109 cm³/mol. The van der Waals surface area contributed by atoms with Crippen molar-refractivity contribution in [2.24, 2.45) is 5.92 Å². The molecule has 0 radical (unpaired) electrons. The molecule has 2 aromatic carbocycles. The molecule has 4 unspecified atom stereocenters. The number of morpholine rings is 1. The first-order valence-corrected chi connectivity index (χ1v) is 10.4. The molecule has 4 atom stereocenters. The Kier molecular flexibility index (Phi) is 5.36. The van der Waals surface area contributed by atoms with Crippen LogP contribution in [0.3, 0.4) is 0 Å². The third-order valence-corrected chi connectivity index (χ3v) is 7.29. The molecule has 5 rings (SSSR count). The van der Waals surface area contributed by atoms with E-state index in [1.54, 1.807) is 5.57 Å². The van der Waals surface area contributed by atoms with Gasteiger partial charge in [0.05, 0.1) is 19.8 Å². The van der Waals surface area contributed by atoms with E-state index in [1.165, 1.54) is 38.7 Å². The molecule has 0 aromatic heterocycles. The zero-order valence-electron chi connectivity index (χ0n) is 15.6. The van der Waals surface area contributed by atoms with Gasteiger partial charge < -0.3 is 26.2 Å². The van der Waals surface area contributed by atoms with Gasteiger partial charge in [-0.2, -0.15) is 0 Å². The molecule has 2 heterocycles. The Morgan fingerprint density at radius 3 is 2.70 bits per heavy atom. The maximum atomic E-state index is 5.77.